The standard InChI is InChI=1S/C18H17N3O2S/c1-12(2)23-15-8-4-3-7-14(15)17(22)21-18-20-11-16(24-18)13-6-5-9-19-10-13/h3-12H,1-2H3,(H,20,21,22). The van der Waals surface area contributed by atoms with Crippen LogP contribution in [-0.4, -0.2) is 22.0 Å². The first-order valence-corrected chi connectivity index (χ1v) is 8.38. The number of thiazole rings is 1. The molecule has 1 amide bonds. The van der Waals surface area contributed by atoms with Crippen molar-refractivity contribution < 1.29 is 9.53 Å². The number of carbonyl (C=O) groups is 1. The SMILES string of the molecule is CC(C)Oc1ccccc1C(=O)Nc1ncc(-c2cccnc2)s1. The molecular weight excluding hydrogens is 322 g/mol. The number of benzene rings is 1. The lowest BCUT2D eigenvalue weighted by molar-refractivity contribution is 0.102. The number of carbonyl (C=O) groups excluding carboxylic acids is 1. The van der Waals surface area contributed by atoms with E-state index in [2.05, 4.69) is 15.3 Å². The molecule has 6 heteroatoms. The van der Waals surface area contributed by atoms with E-state index in [-0.39, 0.29) is 12.0 Å². The van der Waals surface area contributed by atoms with Crippen LogP contribution in [0, 0.1) is 0 Å². The van der Waals surface area contributed by atoms with Gasteiger partial charge in [-0.15, -0.1) is 0 Å². The van der Waals surface area contributed by atoms with E-state index in [1.165, 1.54) is 11.3 Å². The van der Waals surface area contributed by atoms with Crippen molar-refractivity contribution in [1.29, 1.82) is 0 Å². The predicted molar refractivity (Wildman–Crippen MR) is 95.5 cm³/mol. The molecule has 0 aliphatic heterocycles. The van der Waals surface area contributed by atoms with Gasteiger partial charge in [0.15, 0.2) is 5.13 Å². The molecular formula is C18H17N3O2S. The number of nitrogens with zero attached hydrogens (tertiary/aromatic N) is 2. The molecule has 0 atom stereocenters. The lowest BCUT2D eigenvalue weighted by atomic mass is 10.2. The number of hydrogen-bond acceptors (Lipinski definition) is 5. The molecule has 24 heavy (non-hydrogen) atoms. The zero-order valence-corrected chi connectivity index (χ0v) is 14.2. The highest BCUT2D eigenvalue weighted by atomic mass is 32.1. The summed E-state index contributed by atoms with van der Waals surface area (Å²) in [5.74, 6) is 0.326. The van der Waals surface area contributed by atoms with Crippen LogP contribution in [0.4, 0.5) is 5.13 Å². The Labute approximate surface area is 144 Å². The van der Waals surface area contributed by atoms with E-state index in [1.807, 2.05) is 38.1 Å². The maximum atomic E-state index is 12.5. The van der Waals surface area contributed by atoms with E-state index in [9.17, 15) is 4.79 Å². The van der Waals surface area contributed by atoms with Gasteiger partial charge < -0.3 is 4.74 Å². The number of aromatic nitrogens is 2. The Morgan fingerprint density at radius 1 is 1.17 bits per heavy atom. The molecule has 5 nitrogen and oxygen atoms in total. The van der Waals surface area contributed by atoms with Gasteiger partial charge in [0.1, 0.15) is 5.75 Å². The number of ether oxygens (including phenoxy) is 1. The van der Waals surface area contributed by atoms with Crippen molar-refractivity contribution in [2.24, 2.45) is 0 Å². The number of anilines is 1. The van der Waals surface area contributed by atoms with Crippen molar-refractivity contribution in [2.45, 2.75) is 20.0 Å². The lowest BCUT2D eigenvalue weighted by Crippen LogP contribution is -2.15. The highest BCUT2D eigenvalue weighted by Crippen LogP contribution is 2.29. The molecule has 3 rings (SSSR count). The quantitative estimate of drug-likeness (QED) is 0.755. The Kier molecular flexibility index (Phi) is 4.86. The minimum Gasteiger partial charge on any atom is -0.490 e. The van der Waals surface area contributed by atoms with Crippen molar-refractivity contribution in [2.75, 3.05) is 5.32 Å². The van der Waals surface area contributed by atoms with E-state index < -0.39 is 0 Å². The van der Waals surface area contributed by atoms with Crippen molar-refractivity contribution in [3.63, 3.8) is 0 Å². The maximum absolute atomic E-state index is 12.5. The van der Waals surface area contributed by atoms with Crippen LogP contribution in [0.3, 0.4) is 0 Å². The molecule has 0 spiro atoms. The van der Waals surface area contributed by atoms with E-state index >= 15 is 0 Å². The summed E-state index contributed by atoms with van der Waals surface area (Å²) in [6.07, 6.45) is 5.22. The zero-order valence-electron chi connectivity index (χ0n) is 13.4. The molecule has 2 aromatic heterocycles. The van der Waals surface area contributed by atoms with Crippen LogP contribution >= 0.6 is 11.3 Å². The summed E-state index contributed by atoms with van der Waals surface area (Å²) in [6.45, 7) is 3.85. The summed E-state index contributed by atoms with van der Waals surface area (Å²) in [5, 5.41) is 3.37. The van der Waals surface area contributed by atoms with Gasteiger partial charge >= 0.3 is 0 Å². The average Bonchev–Trinajstić information content (AvgIpc) is 3.04. The summed E-state index contributed by atoms with van der Waals surface area (Å²) in [7, 11) is 0. The summed E-state index contributed by atoms with van der Waals surface area (Å²) < 4.78 is 5.69. The lowest BCUT2D eigenvalue weighted by Gasteiger charge is -2.13. The zero-order chi connectivity index (χ0) is 16.9. The first-order chi connectivity index (χ1) is 11.6. The van der Waals surface area contributed by atoms with Crippen LogP contribution in [0.2, 0.25) is 0 Å². The van der Waals surface area contributed by atoms with Crippen LogP contribution < -0.4 is 10.1 Å². The first-order valence-electron chi connectivity index (χ1n) is 7.57. The van der Waals surface area contributed by atoms with Gasteiger partial charge in [-0.3, -0.25) is 15.1 Å². The number of rotatable bonds is 5. The highest BCUT2D eigenvalue weighted by Gasteiger charge is 2.15. The molecule has 0 saturated heterocycles. The summed E-state index contributed by atoms with van der Waals surface area (Å²) >= 11 is 1.40. The first kappa shape index (κ1) is 16.1. The van der Waals surface area contributed by atoms with E-state index in [4.69, 9.17) is 4.74 Å². The molecule has 1 N–H and O–H groups in total. The van der Waals surface area contributed by atoms with E-state index in [0.29, 0.717) is 16.4 Å². The van der Waals surface area contributed by atoms with Gasteiger partial charge in [-0.25, -0.2) is 4.98 Å². The Morgan fingerprint density at radius 2 is 2.00 bits per heavy atom. The fraction of sp³-hybridized carbons (Fsp3) is 0.167. The van der Waals surface area contributed by atoms with Crippen molar-refractivity contribution in [3.8, 4) is 16.2 Å². The van der Waals surface area contributed by atoms with Gasteiger partial charge in [0.25, 0.3) is 5.91 Å². The third-order valence-corrected chi connectivity index (χ3v) is 4.13. The molecule has 0 unspecified atom stereocenters. The largest absolute Gasteiger partial charge is 0.490 e. The predicted octanol–water partition coefficient (Wildman–Crippen LogP) is 4.24. The van der Waals surface area contributed by atoms with Gasteiger partial charge in [0.2, 0.25) is 0 Å². The number of hydrogen-bond donors (Lipinski definition) is 1. The van der Waals surface area contributed by atoms with Crippen molar-refractivity contribution in [1.82, 2.24) is 9.97 Å². The fourth-order valence-corrected chi connectivity index (χ4v) is 2.95. The second kappa shape index (κ2) is 7.23. The molecule has 0 aliphatic rings. The topological polar surface area (TPSA) is 64.1 Å². The smallest absolute Gasteiger partial charge is 0.261 e. The molecule has 0 saturated carbocycles. The molecule has 2 heterocycles. The second-order valence-corrected chi connectivity index (χ2v) is 6.42. The number of pyridine rings is 1. The Morgan fingerprint density at radius 3 is 2.75 bits per heavy atom. The highest BCUT2D eigenvalue weighted by molar-refractivity contribution is 7.19. The Hall–Kier alpha value is -2.73. The van der Waals surface area contributed by atoms with Crippen LogP contribution in [0.1, 0.15) is 24.2 Å². The Bertz CT molecular complexity index is 831. The molecule has 1 aromatic carbocycles. The van der Waals surface area contributed by atoms with Crippen LogP contribution in [0.15, 0.2) is 55.0 Å². The number of nitrogens with one attached hydrogen (secondary N) is 1. The molecule has 122 valence electrons. The van der Waals surface area contributed by atoms with Gasteiger partial charge in [-0.1, -0.05) is 29.5 Å². The van der Waals surface area contributed by atoms with Crippen LogP contribution in [0.25, 0.3) is 10.4 Å². The third kappa shape index (κ3) is 3.78. The molecule has 0 fully saturated rings. The normalized spacial score (nSPS) is 10.6. The van der Waals surface area contributed by atoms with E-state index in [0.717, 1.165) is 10.4 Å². The van der Waals surface area contributed by atoms with Gasteiger partial charge in [0.05, 0.1) is 16.5 Å². The fourth-order valence-electron chi connectivity index (χ4n) is 2.15. The second-order valence-electron chi connectivity index (χ2n) is 5.39. The van der Waals surface area contributed by atoms with Gasteiger partial charge in [-0.05, 0) is 32.0 Å². The summed E-state index contributed by atoms with van der Waals surface area (Å²) in [4.78, 5) is 21.8. The van der Waals surface area contributed by atoms with Crippen molar-refractivity contribution in [3.05, 3.63) is 60.6 Å². The minimum atomic E-state index is -0.238. The number of para-hydroxylation sites is 1. The third-order valence-electron chi connectivity index (χ3n) is 3.17. The Balaban J connectivity index is 1.78. The molecule has 0 bridgehead atoms. The van der Waals surface area contributed by atoms with Gasteiger partial charge in [0, 0.05) is 24.2 Å². The van der Waals surface area contributed by atoms with Gasteiger partial charge in [-0.2, -0.15) is 0 Å². The minimum absolute atomic E-state index is 0.00371. The summed E-state index contributed by atoms with van der Waals surface area (Å²) in [6, 6.07) is 11.0. The van der Waals surface area contributed by atoms with Crippen molar-refractivity contribution >= 4 is 22.4 Å². The average molecular weight is 339 g/mol. The summed E-state index contributed by atoms with van der Waals surface area (Å²) in [5.41, 5.74) is 1.46. The maximum Gasteiger partial charge on any atom is 0.261 e. The molecule has 0 aliphatic carbocycles. The number of amides is 1. The van der Waals surface area contributed by atoms with Crippen LogP contribution in [0.5, 0.6) is 5.75 Å². The molecule has 3 aromatic rings. The van der Waals surface area contributed by atoms with E-state index in [1.54, 1.807) is 30.7 Å². The monoisotopic (exact) mass is 339 g/mol. The van der Waals surface area contributed by atoms with Crippen LogP contribution in [-0.2, 0) is 0 Å². The molecule has 0 radical (unpaired) electrons.